The number of rotatable bonds is 7. The molecule has 0 spiro atoms. The number of nitrogens with one attached hydrogen (secondary N) is 1. The number of benzene rings is 3. The van der Waals surface area contributed by atoms with Crippen molar-refractivity contribution < 1.29 is 9.53 Å². The summed E-state index contributed by atoms with van der Waals surface area (Å²) in [6.07, 6.45) is 3.92. The lowest BCUT2D eigenvalue weighted by Crippen LogP contribution is -2.19. The molecule has 33 heavy (non-hydrogen) atoms. The minimum atomic E-state index is -0.283. The summed E-state index contributed by atoms with van der Waals surface area (Å²) in [7, 11) is 0. The molecule has 1 fully saturated rings. The highest BCUT2D eigenvalue weighted by molar-refractivity contribution is 6.37. The lowest BCUT2D eigenvalue weighted by atomic mass is 10.1. The molecule has 3 aromatic carbocycles. The Balaban J connectivity index is 1.35. The second-order valence-electron chi connectivity index (χ2n) is 8.03. The Morgan fingerprint density at radius 3 is 2.42 bits per heavy atom. The molecule has 0 aliphatic carbocycles. The molecule has 1 aliphatic rings. The molecule has 5 nitrogen and oxygen atoms in total. The van der Waals surface area contributed by atoms with Gasteiger partial charge in [0.25, 0.3) is 5.91 Å². The third-order valence-electron chi connectivity index (χ3n) is 5.47. The molecule has 1 heterocycles. The Labute approximate surface area is 204 Å². The Morgan fingerprint density at radius 1 is 1.06 bits per heavy atom. The summed E-state index contributed by atoms with van der Waals surface area (Å²) in [5.41, 5.74) is 7.07. The van der Waals surface area contributed by atoms with Gasteiger partial charge in [-0.15, -0.1) is 0 Å². The Hall–Kier alpha value is -3.02. The van der Waals surface area contributed by atoms with Crippen molar-refractivity contribution in [3.8, 4) is 5.75 Å². The van der Waals surface area contributed by atoms with Gasteiger partial charge in [-0.05, 0) is 67.3 Å². The fourth-order valence-electron chi connectivity index (χ4n) is 3.78. The standard InChI is InChI=1S/C26H25Cl2N3O2/c1-18-5-4-6-19(13-18)17-33-25-23(27)14-20(15-24(25)28)16-29-30-26(32)21-7-9-22(10-8-21)31-11-2-3-12-31/h4-10,13-16H,2-3,11-12,17H2,1H3,(H,30,32)/b29-16-. The third kappa shape index (κ3) is 6.06. The van der Waals surface area contributed by atoms with Crippen LogP contribution in [0.4, 0.5) is 5.69 Å². The first kappa shape index (κ1) is 23.1. The quantitative estimate of drug-likeness (QED) is 0.320. The zero-order valence-corrected chi connectivity index (χ0v) is 19.9. The number of halogens is 2. The predicted molar refractivity (Wildman–Crippen MR) is 135 cm³/mol. The lowest BCUT2D eigenvalue weighted by Gasteiger charge is -2.17. The van der Waals surface area contributed by atoms with Gasteiger partial charge >= 0.3 is 0 Å². The average Bonchev–Trinajstić information content (AvgIpc) is 3.34. The van der Waals surface area contributed by atoms with Gasteiger partial charge in [0.05, 0.1) is 16.3 Å². The topological polar surface area (TPSA) is 53.9 Å². The number of carbonyl (C=O) groups is 1. The molecule has 1 amide bonds. The number of hydrogen-bond acceptors (Lipinski definition) is 4. The summed E-state index contributed by atoms with van der Waals surface area (Å²) < 4.78 is 5.83. The molecule has 0 radical (unpaired) electrons. The van der Waals surface area contributed by atoms with Crippen molar-refractivity contribution in [1.29, 1.82) is 0 Å². The van der Waals surface area contributed by atoms with Crippen molar-refractivity contribution in [2.24, 2.45) is 5.10 Å². The molecule has 7 heteroatoms. The molecular formula is C26H25Cl2N3O2. The van der Waals surface area contributed by atoms with Crippen LogP contribution in [0.25, 0.3) is 0 Å². The smallest absolute Gasteiger partial charge is 0.271 e. The number of carbonyl (C=O) groups excluding carboxylic acids is 1. The van der Waals surface area contributed by atoms with Gasteiger partial charge in [0.1, 0.15) is 6.61 Å². The molecule has 0 aromatic heterocycles. The number of anilines is 1. The maximum atomic E-state index is 12.4. The highest BCUT2D eigenvalue weighted by atomic mass is 35.5. The molecule has 1 saturated heterocycles. The monoisotopic (exact) mass is 481 g/mol. The molecule has 0 unspecified atom stereocenters. The van der Waals surface area contributed by atoms with Crippen molar-refractivity contribution in [3.63, 3.8) is 0 Å². The van der Waals surface area contributed by atoms with Gasteiger partial charge in [-0.1, -0.05) is 53.0 Å². The first-order valence-corrected chi connectivity index (χ1v) is 11.6. The van der Waals surface area contributed by atoms with Crippen LogP contribution in [-0.4, -0.2) is 25.2 Å². The second-order valence-corrected chi connectivity index (χ2v) is 8.85. The Kier molecular flexibility index (Phi) is 7.53. The highest BCUT2D eigenvalue weighted by Gasteiger charge is 2.13. The summed E-state index contributed by atoms with van der Waals surface area (Å²) in [4.78, 5) is 14.7. The first-order valence-electron chi connectivity index (χ1n) is 10.9. The summed E-state index contributed by atoms with van der Waals surface area (Å²) in [6.45, 7) is 4.52. The van der Waals surface area contributed by atoms with E-state index in [0.29, 0.717) is 33.5 Å². The average molecular weight is 482 g/mol. The lowest BCUT2D eigenvalue weighted by molar-refractivity contribution is 0.0955. The number of nitrogens with zero attached hydrogens (tertiary/aromatic N) is 2. The number of aryl methyl sites for hydroxylation is 1. The van der Waals surface area contributed by atoms with E-state index >= 15 is 0 Å². The largest absolute Gasteiger partial charge is 0.486 e. The van der Waals surface area contributed by atoms with Crippen molar-refractivity contribution in [1.82, 2.24) is 5.43 Å². The van der Waals surface area contributed by atoms with Gasteiger partial charge in [-0.3, -0.25) is 4.79 Å². The summed E-state index contributed by atoms with van der Waals surface area (Å²) >= 11 is 12.8. The van der Waals surface area contributed by atoms with Crippen LogP contribution in [0.15, 0.2) is 65.8 Å². The fourth-order valence-corrected chi connectivity index (χ4v) is 4.39. The first-order chi connectivity index (χ1) is 16.0. The van der Waals surface area contributed by atoms with Crippen LogP contribution in [0.1, 0.15) is 39.9 Å². The maximum absolute atomic E-state index is 12.4. The van der Waals surface area contributed by atoms with Crippen LogP contribution < -0.4 is 15.1 Å². The molecule has 4 rings (SSSR count). The molecule has 170 valence electrons. The van der Waals surface area contributed by atoms with Gasteiger partial charge in [-0.2, -0.15) is 5.10 Å². The van der Waals surface area contributed by atoms with Gasteiger partial charge in [-0.25, -0.2) is 5.43 Å². The van der Waals surface area contributed by atoms with E-state index in [-0.39, 0.29) is 5.91 Å². The van der Waals surface area contributed by atoms with E-state index in [0.717, 1.165) is 29.9 Å². The van der Waals surface area contributed by atoms with Crippen LogP contribution >= 0.6 is 23.2 Å². The van der Waals surface area contributed by atoms with E-state index in [9.17, 15) is 4.79 Å². The molecule has 0 bridgehead atoms. The van der Waals surface area contributed by atoms with Crippen LogP contribution in [-0.2, 0) is 6.61 Å². The van der Waals surface area contributed by atoms with E-state index in [4.69, 9.17) is 27.9 Å². The van der Waals surface area contributed by atoms with Crippen molar-refractivity contribution in [3.05, 3.63) is 93.0 Å². The fraction of sp³-hybridized carbons (Fsp3) is 0.231. The molecule has 0 saturated carbocycles. The number of hydrogen-bond donors (Lipinski definition) is 1. The van der Waals surface area contributed by atoms with E-state index in [1.165, 1.54) is 19.1 Å². The normalized spacial score (nSPS) is 13.5. The van der Waals surface area contributed by atoms with Gasteiger partial charge in [0.2, 0.25) is 0 Å². The number of amides is 1. The van der Waals surface area contributed by atoms with Crippen molar-refractivity contribution >= 4 is 41.0 Å². The Morgan fingerprint density at radius 2 is 1.76 bits per heavy atom. The SMILES string of the molecule is Cc1cccc(COc2c(Cl)cc(/C=N\NC(=O)c3ccc(N4CCCC4)cc3)cc2Cl)c1. The summed E-state index contributed by atoms with van der Waals surface area (Å²) in [5.74, 6) is 0.133. The molecule has 1 N–H and O–H groups in total. The summed E-state index contributed by atoms with van der Waals surface area (Å²) in [5, 5.41) is 4.79. The second kappa shape index (κ2) is 10.7. The zero-order chi connectivity index (χ0) is 23.2. The molecule has 1 aliphatic heterocycles. The van der Waals surface area contributed by atoms with Crippen LogP contribution in [0.2, 0.25) is 10.0 Å². The molecule has 3 aromatic rings. The number of hydrazone groups is 1. The van der Waals surface area contributed by atoms with E-state index < -0.39 is 0 Å². The molecular weight excluding hydrogens is 457 g/mol. The van der Waals surface area contributed by atoms with Crippen LogP contribution in [0.3, 0.4) is 0 Å². The van der Waals surface area contributed by atoms with Gasteiger partial charge in [0, 0.05) is 24.3 Å². The van der Waals surface area contributed by atoms with Crippen LogP contribution in [0.5, 0.6) is 5.75 Å². The summed E-state index contributed by atoms with van der Waals surface area (Å²) in [6, 6.07) is 19.0. The maximum Gasteiger partial charge on any atom is 0.271 e. The number of ether oxygens (including phenoxy) is 1. The highest BCUT2D eigenvalue weighted by Crippen LogP contribution is 2.34. The zero-order valence-electron chi connectivity index (χ0n) is 18.4. The van der Waals surface area contributed by atoms with Gasteiger partial charge in [0.15, 0.2) is 5.75 Å². The third-order valence-corrected chi connectivity index (χ3v) is 6.03. The molecule has 0 atom stereocenters. The van der Waals surface area contributed by atoms with E-state index in [2.05, 4.69) is 15.4 Å². The van der Waals surface area contributed by atoms with Crippen molar-refractivity contribution in [2.75, 3.05) is 18.0 Å². The predicted octanol–water partition coefficient (Wildman–Crippen LogP) is 6.24. The Bertz CT molecular complexity index is 1130. The van der Waals surface area contributed by atoms with E-state index in [1.807, 2.05) is 55.5 Å². The van der Waals surface area contributed by atoms with Crippen LogP contribution in [0, 0.1) is 6.92 Å². The minimum absolute atomic E-state index is 0.283. The van der Waals surface area contributed by atoms with Gasteiger partial charge < -0.3 is 9.64 Å². The minimum Gasteiger partial charge on any atom is -0.486 e. The van der Waals surface area contributed by atoms with Crippen molar-refractivity contribution in [2.45, 2.75) is 26.4 Å². The van der Waals surface area contributed by atoms with E-state index in [1.54, 1.807) is 12.1 Å².